The van der Waals surface area contributed by atoms with Gasteiger partial charge in [-0.3, -0.25) is 15.0 Å². The number of nitrogens with two attached hydrogens (primary N) is 1. The maximum absolute atomic E-state index is 13.3. The first-order chi connectivity index (χ1) is 18.2. The summed E-state index contributed by atoms with van der Waals surface area (Å²) in [4.78, 5) is 41.2. The molecule has 0 aromatic heterocycles. The van der Waals surface area contributed by atoms with E-state index in [4.69, 9.17) is 15.2 Å². The summed E-state index contributed by atoms with van der Waals surface area (Å²) in [5.41, 5.74) is 7.77. The lowest BCUT2D eigenvalue weighted by Gasteiger charge is -2.37. The number of aryl methyl sites for hydroxylation is 1. The number of hydrogen-bond donors (Lipinski definition) is 1. The molecule has 11 nitrogen and oxygen atoms in total. The smallest absolute Gasteiger partial charge is 0.355 e. The van der Waals surface area contributed by atoms with Crippen LogP contribution in [-0.4, -0.2) is 44.2 Å². The van der Waals surface area contributed by atoms with Gasteiger partial charge < -0.3 is 20.1 Å². The zero-order valence-corrected chi connectivity index (χ0v) is 21.3. The van der Waals surface area contributed by atoms with Crippen LogP contribution in [0, 0.1) is 28.4 Å². The van der Waals surface area contributed by atoms with Crippen molar-refractivity contribution in [1.82, 2.24) is 0 Å². The Bertz CT molecular complexity index is 1400. The zero-order valence-electron chi connectivity index (χ0n) is 21.3. The van der Waals surface area contributed by atoms with Crippen LogP contribution in [0.2, 0.25) is 0 Å². The van der Waals surface area contributed by atoms with Crippen LogP contribution < -0.4 is 15.5 Å². The SMILES string of the molecule is COC(=O)C1=C(C(=O)OC)N(c2cc(N3CCCC3)c([N+](=O)[O-])cc2C)C(N)=C(C#N)C1c1ccccc1. The number of carbonyl (C=O) groups is 2. The van der Waals surface area contributed by atoms with Crippen LogP contribution >= 0.6 is 0 Å². The van der Waals surface area contributed by atoms with Gasteiger partial charge in [0.2, 0.25) is 0 Å². The number of nitro benzene ring substituents is 1. The van der Waals surface area contributed by atoms with Crippen molar-refractivity contribution in [2.45, 2.75) is 25.7 Å². The number of nitriles is 1. The van der Waals surface area contributed by atoms with Crippen LogP contribution in [0.1, 0.15) is 29.9 Å². The van der Waals surface area contributed by atoms with Gasteiger partial charge in [0, 0.05) is 19.2 Å². The first-order valence-electron chi connectivity index (χ1n) is 11.9. The summed E-state index contributed by atoms with van der Waals surface area (Å²) < 4.78 is 10.1. The molecule has 0 bridgehead atoms. The Morgan fingerprint density at radius 2 is 1.71 bits per heavy atom. The molecule has 2 heterocycles. The second-order valence-electron chi connectivity index (χ2n) is 8.91. The van der Waals surface area contributed by atoms with E-state index in [0.717, 1.165) is 20.0 Å². The Morgan fingerprint density at radius 3 is 2.26 bits per heavy atom. The number of nitro groups is 1. The molecule has 2 aliphatic heterocycles. The zero-order chi connectivity index (χ0) is 27.6. The fourth-order valence-corrected chi connectivity index (χ4v) is 5.03. The third-order valence-electron chi connectivity index (χ3n) is 6.79. The number of anilines is 2. The molecule has 4 rings (SSSR count). The molecule has 38 heavy (non-hydrogen) atoms. The normalized spacial score (nSPS) is 17.4. The first kappa shape index (κ1) is 26.2. The summed E-state index contributed by atoms with van der Waals surface area (Å²) >= 11 is 0. The molecular weight excluding hydrogens is 490 g/mol. The van der Waals surface area contributed by atoms with E-state index in [1.165, 1.54) is 18.1 Å². The molecule has 1 atom stereocenters. The predicted octanol–water partition coefficient (Wildman–Crippen LogP) is 3.40. The molecule has 0 aliphatic carbocycles. The Morgan fingerprint density at radius 1 is 1.08 bits per heavy atom. The highest BCUT2D eigenvalue weighted by Crippen LogP contribution is 2.46. The number of nitrogens with zero attached hydrogens (tertiary/aromatic N) is 4. The molecule has 0 amide bonds. The van der Waals surface area contributed by atoms with E-state index in [-0.39, 0.29) is 28.4 Å². The highest BCUT2D eigenvalue weighted by atomic mass is 16.6. The van der Waals surface area contributed by atoms with Gasteiger partial charge in [0.05, 0.1) is 48.0 Å². The molecule has 2 aromatic rings. The maximum Gasteiger partial charge on any atom is 0.355 e. The van der Waals surface area contributed by atoms with Crippen molar-refractivity contribution in [1.29, 1.82) is 5.26 Å². The topological polar surface area (TPSA) is 152 Å². The van der Waals surface area contributed by atoms with Crippen molar-refractivity contribution in [3.05, 3.63) is 86.4 Å². The summed E-state index contributed by atoms with van der Waals surface area (Å²) in [5.74, 6) is -2.83. The number of carbonyl (C=O) groups excluding carboxylic acids is 2. The lowest BCUT2D eigenvalue weighted by atomic mass is 9.80. The summed E-state index contributed by atoms with van der Waals surface area (Å²) in [5, 5.41) is 22.1. The Kier molecular flexibility index (Phi) is 7.34. The molecule has 11 heteroatoms. The van der Waals surface area contributed by atoms with Gasteiger partial charge in [0.15, 0.2) is 0 Å². The van der Waals surface area contributed by atoms with Gasteiger partial charge in [0.1, 0.15) is 17.2 Å². The highest BCUT2D eigenvalue weighted by molar-refractivity contribution is 6.06. The van der Waals surface area contributed by atoms with Crippen molar-refractivity contribution >= 4 is 29.0 Å². The van der Waals surface area contributed by atoms with E-state index in [9.17, 15) is 25.0 Å². The molecule has 0 radical (unpaired) electrons. The molecule has 2 aromatic carbocycles. The number of esters is 2. The maximum atomic E-state index is 13.3. The van der Waals surface area contributed by atoms with Crippen LogP contribution in [0.3, 0.4) is 0 Å². The highest BCUT2D eigenvalue weighted by Gasteiger charge is 2.43. The van der Waals surface area contributed by atoms with Gasteiger partial charge in [-0.2, -0.15) is 5.26 Å². The lowest BCUT2D eigenvalue weighted by molar-refractivity contribution is -0.384. The van der Waals surface area contributed by atoms with Crippen molar-refractivity contribution in [3.63, 3.8) is 0 Å². The average molecular weight is 518 g/mol. The predicted molar refractivity (Wildman–Crippen MR) is 139 cm³/mol. The number of allylic oxidation sites excluding steroid dienone is 1. The minimum atomic E-state index is -1.00. The van der Waals surface area contributed by atoms with Crippen LogP contribution in [-0.2, 0) is 19.1 Å². The first-order valence-corrected chi connectivity index (χ1v) is 11.9. The average Bonchev–Trinajstić information content (AvgIpc) is 3.47. The summed E-state index contributed by atoms with van der Waals surface area (Å²) in [6, 6.07) is 13.8. The van der Waals surface area contributed by atoms with E-state index in [1.807, 2.05) is 4.90 Å². The molecule has 2 N–H and O–H groups in total. The molecule has 2 aliphatic rings. The molecule has 0 spiro atoms. The molecule has 196 valence electrons. The van der Waals surface area contributed by atoms with E-state index >= 15 is 0 Å². The third-order valence-corrected chi connectivity index (χ3v) is 6.79. The fraction of sp³-hybridized carbons (Fsp3) is 0.296. The summed E-state index contributed by atoms with van der Waals surface area (Å²) in [6.07, 6.45) is 1.76. The number of ether oxygens (including phenoxy) is 2. The molecule has 0 saturated carbocycles. The van der Waals surface area contributed by atoms with Crippen LogP contribution in [0.15, 0.2) is 65.1 Å². The fourth-order valence-electron chi connectivity index (χ4n) is 5.03. The van der Waals surface area contributed by atoms with E-state index < -0.39 is 22.8 Å². The van der Waals surface area contributed by atoms with Gasteiger partial charge >= 0.3 is 11.9 Å². The lowest BCUT2D eigenvalue weighted by Crippen LogP contribution is -2.41. The minimum absolute atomic E-state index is 0.0183. The monoisotopic (exact) mass is 517 g/mol. The molecular formula is C27H27N5O6. The Hall–Kier alpha value is -4.85. The third kappa shape index (κ3) is 4.41. The number of rotatable bonds is 6. The minimum Gasteiger partial charge on any atom is -0.466 e. The van der Waals surface area contributed by atoms with Gasteiger partial charge in [-0.25, -0.2) is 9.59 Å². The summed E-state index contributed by atoms with van der Waals surface area (Å²) in [6.45, 7) is 2.88. The van der Waals surface area contributed by atoms with Gasteiger partial charge in [-0.05, 0) is 37.0 Å². The van der Waals surface area contributed by atoms with Gasteiger partial charge in [-0.1, -0.05) is 30.3 Å². The van der Waals surface area contributed by atoms with Crippen LogP contribution in [0.5, 0.6) is 0 Å². The van der Waals surface area contributed by atoms with Gasteiger partial charge in [0.25, 0.3) is 5.69 Å². The molecule has 1 unspecified atom stereocenters. The second-order valence-corrected chi connectivity index (χ2v) is 8.91. The summed E-state index contributed by atoms with van der Waals surface area (Å²) in [7, 11) is 2.34. The second kappa shape index (κ2) is 10.6. The quantitative estimate of drug-likeness (QED) is 0.343. The van der Waals surface area contributed by atoms with E-state index in [0.29, 0.717) is 35.6 Å². The van der Waals surface area contributed by atoms with Crippen LogP contribution in [0.25, 0.3) is 0 Å². The Balaban J connectivity index is 2.07. The standard InChI is InChI=1S/C27H27N5O6/c1-16-13-21(32(35)36)20(30-11-7-8-12-30)14-19(16)31-24(27(34)38-3)23(26(33)37-2)22(18(15-28)25(31)29)17-9-5-4-6-10-17/h4-6,9-10,13-14,22H,7-8,11-12,29H2,1-3H3. The number of hydrogen-bond acceptors (Lipinski definition) is 10. The Labute approximate surface area is 219 Å². The van der Waals surface area contributed by atoms with E-state index in [2.05, 4.69) is 6.07 Å². The van der Waals surface area contributed by atoms with E-state index in [1.54, 1.807) is 43.3 Å². The van der Waals surface area contributed by atoms with Gasteiger partial charge in [-0.15, -0.1) is 0 Å². The number of benzene rings is 2. The largest absolute Gasteiger partial charge is 0.466 e. The van der Waals surface area contributed by atoms with Crippen molar-refractivity contribution in [2.75, 3.05) is 37.1 Å². The van der Waals surface area contributed by atoms with Crippen molar-refractivity contribution < 1.29 is 24.0 Å². The molecule has 1 fully saturated rings. The van der Waals surface area contributed by atoms with Crippen molar-refractivity contribution in [3.8, 4) is 6.07 Å². The number of methoxy groups -OCH3 is 2. The van der Waals surface area contributed by atoms with Crippen molar-refractivity contribution in [2.24, 2.45) is 5.73 Å². The molecule has 1 saturated heterocycles. The van der Waals surface area contributed by atoms with Crippen LogP contribution in [0.4, 0.5) is 17.1 Å².